The normalized spacial score (nSPS) is 18.1. The van der Waals surface area contributed by atoms with Crippen LogP contribution in [0.3, 0.4) is 0 Å². The highest BCUT2D eigenvalue weighted by Gasteiger charge is 2.36. The van der Waals surface area contributed by atoms with Crippen molar-refractivity contribution in [1.82, 2.24) is 10.1 Å². The van der Waals surface area contributed by atoms with Gasteiger partial charge in [-0.05, 0) is 48.9 Å². The van der Waals surface area contributed by atoms with Crippen molar-refractivity contribution in [1.29, 1.82) is 0 Å². The van der Waals surface area contributed by atoms with Crippen LogP contribution in [0, 0.1) is 13.8 Å². The van der Waals surface area contributed by atoms with Gasteiger partial charge in [0.1, 0.15) is 0 Å². The van der Waals surface area contributed by atoms with E-state index in [1.54, 1.807) is 22.3 Å². The molecule has 1 aliphatic heterocycles. The Kier molecular flexibility index (Phi) is 5.31. The second kappa shape index (κ2) is 7.76. The molecule has 2 aromatic heterocycles. The van der Waals surface area contributed by atoms with Crippen molar-refractivity contribution >= 4 is 27.1 Å². The van der Waals surface area contributed by atoms with Crippen molar-refractivity contribution in [2.45, 2.75) is 32.9 Å². The van der Waals surface area contributed by atoms with Crippen molar-refractivity contribution in [2.24, 2.45) is 0 Å². The van der Waals surface area contributed by atoms with Crippen LogP contribution in [0.5, 0.6) is 0 Å². The molecule has 1 aliphatic rings. The zero-order chi connectivity index (χ0) is 20.6. The summed E-state index contributed by atoms with van der Waals surface area (Å²) in [5.41, 5.74) is 3.35. The van der Waals surface area contributed by atoms with Gasteiger partial charge in [-0.3, -0.25) is 4.79 Å². The highest BCUT2D eigenvalue weighted by Crippen LogP contribution is 2.26. The molecule has 0 aliphatic carbocycles. The molecule has 8 heteroatoms. The molecule has 1 amide bonds. The van der Waals surface area contributed by atoms with E-state index in [2.05, 4.69) is 5.16 Å². The average molecular weight is 431 g/mol. The maximum atomic E-state index is 13.2. The molecular formula is C21H22N2O4S2. The zero-order valence-corrected chi connectivity index (χ0v) is 17.9. The Morgan fingerprint density at radius 2 is 2.07 bits per heavy atom. The summed E-state index contributed by atoms with van der Waals surface area (Å²) in [6, 6.07) is 11.1. The standard InChI is InChI=1S/C21H22N2O4S2/c1-14-5-6-16(10-15(14)2)20-11-19(22-27-20)21(24)23(12-18-4-3-8-28-18)17-7-9-29(25,26)13-17/h3-6,8,10-11,17H,7,9,12-13H2,1-2H3. The van der Waals surface area contributed by atoms with Gasteiger partial charge in [0.25, 0.3) is 5.91 Å². The fraction of sp³-hybridized carbons (Fsp3) is 0.333. The van der Waals surface area contributed by atoms with E-state index < -0.39 is 9.84 Å². The summed E-state index contributed by atoms with van der Waals surface area (Å²) in [5, 5.41) is 5.93. The first-order chi connectivity index (χ1) is 13.8. The Hall–Kier alpha value is -2.45. The van der Waals surface area contributed by atoms with E-state index in [4.69, 9.17) is 4.52 Å². The van der Waals surface area contributed by atoms with E-state index in [9.17, 15) is 13.2 Å². The molecule has 152 valence electrons. The van der Waals surface area contributed by atoms with Crippen LogP contribution in [0.2, 0.25) is 0 Å². The number of carbonyl (C=O) groups excluding carboxylic acids is 1. The minimum Gasteiger partial charge on any atom is -0.355 e. The molecule has 4 rings (SSSR count). The van der Waals surface area contributed by atoms with Gasteiger partial charge >= 0.3 is 0 Å². The van der Waals surface area contributed by atoms with Gasteiger partial charge in [-0.15, -0.1) is 11.3 Å². The third-order valence-electron chi connectivity index (χ3n) is 5.34. The summed E-state index contributed by atoms with van der Waals surface area (Å²) in [5.74, 6) is 0.316. The third-order valence-corrected chi connectivity index (χ3v) is 7.95. The summed E-state index contributed by atoms with van der Waals surface area (Å²) in [6.07, 6.45) is 0.446. The highest BCUT2D eigenvalue weighted by atomic mass is 32.2. The summed E-state index contributed by atoms with van der Waals surface area (Å²) in [7, 11) is -3.12. The number of nitrogens with zero attached hydrogens (tertiary/aromatic N) is 2. The van der Waals surface area contributed by atoms with Crippen LogP contribution < -0.4 is 0 Å². The second-order valence-corrected chi connectivity index (χ2v) is 10.7. The first kappa shape index (κ1) is 19.8. The molecule has 1 aromatic carbocycles. The van der Waals surface area contributed by atoms with Gasteiger partial charge in [0.2, 0.25) is 0 Å². The summed E-state index contributed by atoms with van der Waals surface area (Å²) < 4.78 is 29.4. The monoisotopic (exact) mass is 430 g/mol. The molecule has 0 radical (unpaired) electrons. The van der Waals surface area contributed by atoms with E-state index in [-0.39, 0.29) is 29.1 Å². The number of amides is 1. The van der Waals surface area contributed by atoms with E-state index in [0.29, 0.717) is 18.7 Å². The van der Waals surface area contributed by atoms with Gasteiger partial charge in [0, 0.05) is 22.5 Å². The molecule has 0 N–H and O–H groups in total. The molecule has 3 heterocycles. The van der Waals surface area contributed by atoms with Gasteiger partial charge in [0.05, 0.1) is 18.1 Å². The first-order valence-corrected chi connectivity index (χ1v) is 12.1. The number of thiophene rings is 1. The van der Waals surface area contributed by atoms with Gasteiger partial charge in [-0.1, -0.05) is 23.4 Å². The molecule has 1 saturated heterocycles. The van der Waals surface area contributed by atoms with Crippen LogP contribution in [0.4, 0.5) is 0 Å². The van der Waals surface area contributed by atoms with Gasteiger partial charge < -0.3 is 9.42 Å². The molecule has 1 unspecified atom stereocenters. The summed E-state index contributed by atoms with van der Waals surface area (Å²) in [4.78, 5) is 15.9. The van der Waals surface area contributed by atoms with Crippen molar-refractivity contribution in [3.05, 3.63) is 63.5 Å². The van der Waals surface area contributed by atoms with Crippen LogP contribution in [-0.4, -0.2) is 41.9 Å². The van der Waals surface area contributed by atoms with Crippen molar-refractivity contribution in [3.8, 4) is 11.3 Å². The molecule has 1 atom stereocenters. The smallest absolute Gasteiger partial charge is 0.276 e. The predicted octanol–water partition coefficient (Wildman–Crippen LogP) is 3.85. The van der Waals surface area contributed by atoms with Crippen molar-refractivity contribution in [2.75, 3.05) is 11.5 Å². The van der Waals surface area contributed by atoms with Crippen LogP contribution >= 0.6 is 11.3 Å². The number of sulfone groups is 1. The van der Waals surface area contributed by atoms with Crippen molar-refractivity contribution in [3.63, 3.8) is 0 Å². The fourth-order valence-electron chi connectivity index (χ4n) is 3.51. The largest absolute Gasteiger partial charge is 0.355 e. The lowest BCUT2D eigenvalue weighted by Gasteiger charge is -2.26. The molecule has 29 heavy (non-hydrogen) atoms. The summed E-state index contributed by atoms with van der Waals surface area (Å²) >= 11 is 1.54. The van der Waals surface area contributed by atoms with Gasteiger partial charge in [0.15, 0.2) is 21.3 Å². The molecule has 6 nitrogen and oxygen atoms in total. The number of hydrogen-bond acceptors (Lipinski definition) is 6. The zero-order valence-electron chi connectivity index (χ0n) is 16.3. The number of rotatable bonds is 5. The lowest BCUT2D eigenvalue weighted by molar-refractivity contribution is 0.0672. The minimum atomic E-state index is -3.12. The Morgan fingerprint density at radius 3 is 2.72 bits per heavy atom. The molecule has 0 spiro atoms. The number of benzene rings is 1. The van der Waals surface area contributed by atoms with Crippen molar-refractivity contribution < 1.29 is 17.7 Å². The lowest BCUT2D eigenvalue weighted by atomic mass is 10.0. The molecular weight excluding hydrogens is 408 g/mol. The predicted molar refractivity (Wildman–Crippen MR) is 113 cm³/mol. The van der Waals surface area contributed by atoms with Gasteiger partial charge in [-0.2, -0.15) is 0 Å². The first-order valence-electron chi connectivity index (χ1n) is 9.40. The highest BCUT2D eigenvalue weighted by molar-refractivity contribution is 7.91. The van der Waals surface area contributed by atoms with Crippen LogP contribution in [0.1, 0.15) is 32.9 Å². The molecule has 1 fully saturated rings. The minimum absolute atomic E-state index is 0.00796. The molecule has 3 aromatic rings. The van der Waals surface area contributed by atoms with Gasteiger partial charge in [-0.25, -0.2) is 8.42 Å². The average Bonchev–Trinajstić information content (AvgIpc) is 3.42. The van der Waals surface area contributed by atoms with E-state index in [0.717, 1.165) is 16.0 Å². The van der Waals surface area contributed by atoms with E-state index in [1.807, 2.05) is 49.6 Å². The summed E-state index contributed by atoms with van der Waals surface area (Å²) in [6.45, 7) is 4.42. The number of aromatic nitrogens is 1. The quantitative estimate of drug-likeness (QED) is 0.614. The maximum Gasteiger partial charge on any atom is 0.276 e. The number of carbonyl (C=O) groups is 1. The third kappa shape index (κ3) is 4.28. The van der Waals surface area contributed by atoms with E-state index >= 15 is 0 Å². The molecule has 0 bridgehead atoms. The Balaban J connectivity index is 1.62. The Bertz CT molecular complexity index is 1130. The Morgan fingerprint density at radius 1 is 1.24 bits per heavy atom. The van der Waals surface area contributed by atoms with E-state index in [1.165, 1.54) is 5.56 Å². The fourth-order valence-corrected chi connectivity index (χ4v) is 5.95. The maximum absolute atomic E-state index is 13.2. The van der Waals surface area contributed by atoms with Crippen LogP contribution in [0.15, 0.2) is 46.3 Å². The second-order valence-electron chi connectivity index (χ2n) is 7.44. The Labute approximate surface area is 174 Å². The lowest BCUT2D eigenvalue weighted by Crippen LogP contribution is -2.40. The van der Waals surface area contributed by atoms with Crippen LogP contribution in [-0.2, 0) is 16.4 Å². The SMILES string of the molecule is Cc1ccc(-c2cc(C(=O)N(Cc3cccs3)C3CCS(=O)(=O)C3)no2)cc1C. The molecule has 0 saturated carbocycles. The van der Waals surface area contributed by atoms with Crippen LogP contribution in [0.25, 0.3) is 11.3 Å². The topological polar surface area (TPSA) is 80.5 Å². The number of hydrogen-bond donors (Lipinski definition) is 0. The number of aryl methyl sites for hydroxylation is 2.